The van der Waals surface area contributed by atoms with E-state index in [4.69, 9.17) is 0 Å². The van der Waals surface area contributed by atoms with Gasteiger partial charge in [0.25, 0.3) is 10.0 Å². The molecule has 1 heterocycles. The number of para-hydroxylation sites is 1. The van der Waals surface area contributed by atoms with Crippen LogP contribution in [0, 0.1) is 20.8 Å². The number of hydrogen-bond acceptors (Lipinski definition) is 4. The number of carbonyl (C=O) groups is 1. The Kier molecular flexibility index (Phi) is 5.24. The highest BCUT2D eigenvalue weighted by Gasteiger charge is 2.21. The highest BCUT2D eigenvalue weighted by molar-refractivity contribution is 7.90. The molecule has 1 aromatic heterocycles. The fourth-order valence-electron chi connectivity index (χ4n) is 2.74. The van der Waals surface area contributed by atoms with Gasteiger partial charge in [-0.1, -0.05) is 24.3 Å². The van der Waals surface area contributed by atoms with Gasteiger partial charge in [-0.3, -0.25) is 9.36 Å². The van der Waals surface area contributed by atoms with Crippen molar-refractivity contribution in [3.63, 3.8) is 0 Å². The maximum absolute atomic E-state index is 12.8. The second-order valence-corrected chi connectivity index (χ2v) is 8.43. The third-order valence-electron chi connectivity index (χ3n) is 4.58. The van der Waals surface area contributed by atoms with E-state index in [2.05, 4.69) is 5.32 Å². The number of aryl methyl sites for hydroxylation is 3. The number of carbonyl (C=O) groups excluding carboxylic acids is 1. The normalized spacial score (nSPS) is 11.4. The topological polar surface area (TPSA) is 90.2 Å². The van der Waals surface area contributed by atoms with Gasteiger partial charge in [0.2, 0.25) is 5.91 Å². The Hall–Kier alpha value is -3.13. The second-order valence-electron chi connectivity index (χ2n) is 6.62. The van der Waals surface area contributed by atoms with Crippen LogP contribution < -0.4 is 11.0 Å². The lowest BCUT2D eigenvalue weighted by atomic mass is 10.1. The fourth-order valence-corrected chi connectivity index (χ4v) is 4.06. The molecular formula is C20H21N3O4S. The summed E-state index contributed by atoms with van der Waals surface area (Å²) in [5, 5.41) is 2.72. The molecule has 0 saturated heterocycles. The Morgan fingerprint density at radius 1 is 0.964 bits per heavy atom. The number of amides is 1. The van der Waals surface area contributed by atoms with Crippen LogP contribution in [-0.4, -0.2) is 22.9 Å². The van der Waals surface area contributed by atoms with Crippen molar-refractivity contribution in [3.05, 3.63) is 82.0 Å². The van der Waals surface area contributed by atoms with Gasteiger partial charge >= 0.3 is 5.69 Å². The molecule has 0 fully saturated rings. The van der Waals surface area contributed by atoms with Gasteiger partial charge in [-0.25, -0.2) is 13.2 Å². The van der Waals surface area contributed by atoms with Crippen molar-refractivity contribution in [2.75, 3.05) is 5.32 Å². The maximum Gasteiger partial charge on any atom is 0.342 e. The number of hydrogen-bond donors (Lipinski definition) is 1. The van der Waals surface area contributed by atoms with Crippen molar-refractivity contribution in [3.8, 4) is 0 Å². The third-order valence-corrected chi connectivity index (χ3v) is 6.23. The van der Waals surface area contributed by atoms with Crippen LogP contribution in [0.1, 0.15) is 16.7 Å². The van der Waals surface area contributed by atoms with Crippen LogP contribution in [0.3, 0.4) is 0 Å². The molecule has 7 nitrogen and oxygen atoms in total. The van der Waals surface area contributed by atoms with Gasteiger partial charge in [-0.2, -0.15) is 3.97 Å². The smallest absolute Gasteiger partial charge is 0.324 e. The maximum atomic E-state index is 12.8. The molecule has 0 unspecified atom stereocenters. The minimum absolute atomic E-state index is 0.0276. The van der Waals surface area contributed by atoms with Crippen LogP contribution in [0.15, 0.2) is 64.5 Å². The van der Waals surface area contributed by atoms with E-state index in [1.807, 2.05) is 26.0 Å². The quantitative estimate of drug-likeness (QED) is 0.714. The van der Waals surface area contributed by atoms with Crippen molar-refractivity contribution in [2.24, 2.45) is 0 Å². The molecule has 0 bridgehead atoms. The van der Waals surface area contributed by atoms with E-state index in [1.54, 1.807) is 25.1 Å². The average molecular weight is 399 g/mol. The summed E-state index contributed by atoms with van der Waals surface area (Å²) in [6.07, 6.45) is 2.45. The lowest BCUT2D eigenvalue weighted by Crippen LogP contribution is -2.32. The molecule has 0 aliphatic rings. The summed E-state index contributed by atoms with van der Waals surface area (Å²) in [6.45, 7) is 5.25. The van der Waals surface area contributed by atoms with Crippen molar-refractivity contribution in [1.29, 1.82) is 0 Å². The minimum atomic E-state index is -4.04. The number of anilines is 1. The molecule has 0 aliphatic carbocycles. The van der Waals surface area contributed by atoms with Gasteiger partial charge in [-0.15, -0.1) is 0 Å². The van der Waals surface area contributed by atoms with E-state index >= 15 is 0 Å². The lowest BCUT2D eigenvalue weighted by molar-refractivity contribution is -0.116. The molecule has 28 heavy (non-hydrogen) atoms. The number of rotatable bonds is 5. The van der Waals surface area contributed by atoms with E-state index in [1.165, 1.54) is 18.3 Å². The summed E-state index contributed by atoms with van der Waals surface area (Å²) < 4.78 is 27.3. The van der Waals surface area contributed by atoms with E-state index in [9.17, 15) is 18.0 Å². The van der Waals surface area contributed by atoms with E-state index in [0.717, 1.165) is 27.5 Å². The Labute approximate surface area is 163 Å². The highest BCUT2D eigenvalue weighted by atomic mass is 32.2. The predicted molar refractivity (Wildman–Crippen MR) is 107 cm³/mol. The van der Waals surface area contributed by atoms with Crippen molar-refractivity contribution < 1.29 is 13.2 Å². The molecule has 0 spiro atoms. The van der Waals surface area contributed by atoms with E-state index < -0.39 is 21.6 Å². The van der Waals surface area contributed by atoms with E-state index in [-0.39, 0.29) is 11.4 Å². The molecular weight excluding hydrogens is 378 g/mol. The zero-order chi connectivity index (χ0) is 20.5. The molecule has 0 atom stereocenters. The van der Waals surface area contributed by atoms with Crippen molar-refractivity contribution in [1.82, 2.24) is 8.54 Å². The van der Waals surface area contributed by atoms with Crippen LogP contribution in [-0.2, 0) is 21.4 Å². The molecule has 1 N–H and O–H groups in total. The molecule has 0 saturated carbocycles. The lowest BCUT2D eigenvalue weighted by Gasteiger charge is -2.08. The molecule has 3 rings (SSSR count). The number of aromatic nitrogens is 2. The van der Waals surface area contributed by atoms with Crippen LogP contribution in [0.25, 0.3) is 0 Å². The molecule has 146 valence electrons. The number of nitrogens with one attached hydrogen (secondary N) is 1. The first-order valence-electron chi connectivity index (χ1n) is 8.66. The van der Waals surface area contributed by atoms with Crippen molar-refractivity contribution >= 4 is 21.6 Å². The standard InChI is InChI=1S/C20H21N3O4S/c1-14-8-9-17(12-16(14)3)28(26,27)23-11-10-22(20(23)25)13-19(24)21-18-7-5-4-6-15(18)2/h4-12H,13H2,1-3H3,(H,21,24). The molecule has 0 radical (unpaired) electrons. The first-order chi connectivity index (χ1) is 13.2. The molecule has 3 aromatic rings. The summed E-state index contributed by atoms with van der Waals surface area (Å²) in [5.41, 5.74) is 2.50. The van der Waals surface area contributed by atoms with Crippen LogP contribution in [0.5, 0.6) is 0 Å². The zero-order valence-electron chi connectivity index (χ0n) is 15.8. The Morgan fingerprint density at radius 3 is 2.36 bits per heavy atom. The van der Waals surface area contributed by atoms with Gasteiger partial charge in [0, 0.05) is 18.1 Å². The van der Waals surface area contributed by atoms with Crippen LogP contribution in [0.4, 0.5) is 5.69 Å². The van der Waals surface area contributed by atoms with Crippen LogP contribution in [0.2, 0.25) is 0 Å². The number of nitrogens with zero attached hydrogens (tertiary/aromatic N) is 2. The van der Waals surface area contributed by atoms with Gasteiger partial charge in [-0.05, 0) is 55.7 Å². The van der Waals surface area contributed by atoms with Gasteiger partial charge in [0.1, 0.15) is 6.54 Å². The Balaban J connectivity index is 1.85. The minimum Gasteiger partial charge on any atom is -0.324 e. The second kappa shape index (κ2) is 7.47. The summed E-state index contributed by atoms with van der Waals surface area (Å²) in [7, 11) is -4.04. The largest absolute Gasteiger partial charge is 0.342 e. The Morgan fingerprint density at radius 2 is 1.68 bits per heavy atom. The Bertz CT molecular complexity index is 1210. The molecule has 0 aliphatic heterocycles. The summed E-state index contributed by atoms with van der Waals surface area (Å²) in [4.78, 5) is 24.9. The zero-order valence-corrected chi connectivity index (χ0v) is 16.7. The summed E-state index contributed by atoms with van der Waals surface area (Å²) >= 11 is 0. The fraction of sp³-hybridized carbons (Fsp3) is 0.200. The van der Waals surface area contributed by atoms with Gasteiger partial charge in [0.15, 0.2) is 0 Å². The monoisotopic (exact) mass is 399 g/mol. The van der Waals surface area contributed by atoms with Crippen LogP contribution >= 0.6 is 0 Å². The van der Waals surface area contributed by atoms with Crippen molar-refractivity contribution in [2.45, 2.75) is 32.2 Å². The third kappa shape index (κ3) is 3.77. The van der Waals surface area contributed by atoms with Gasteiger partial charge in [0.05, 0.1) is 4.90 Å². The first-order valence-corrected chi connectivity index (χ1v) is 10.1. The predicted octanol–water partition coefficient (Wildman–Crippen LogP) is 2.45. The molecule has 1 amide bonds. The highest BCUT2D eigenvalue weighted by Crippen LogP contribution is 2.17. The van der Waals surface area contributed by atoms with E-state index in [0.29, 0.717) is 9.66 Å². The first kappa shape index (κ1) is 19.6. The summed E-state index contributed by atoms with van der Waals surface area (Å²) in [5.74, 6) is -0.419. The van der Waals surface area contributed by atoms with Gasteiger partial charge < -0.3 is 5.32 Å². The average Bonchev–Trinajstić information content (AvgIpc) is 3.00. The SMILES string of the molecule is Cc1ccc(S(=O)(=O)n2ccn(CC(=O)Nc3ccccc3C)c2=O)cc1C. The summed E-state index contributed by atoms with van der Waals surface area (Å²) in [6, 6.07) is 11.9. The molecule has 8 heteroatoms. The number of benzene rings is 2. The number of imidazole rings is 1. The molecule has 2 aromatic carbocycles.